The van der Waals surface area contributed by atoms with E-state index in [9.17, 15) is 9.90 Å². The molecule has 5 rings (SSSR count). The fourth-order valence-corrected chi connectivity index (χ4v) is 4.05. The third-order valence-corrected chi connectivity index (χ3v) is 5.60. The standard InChI is InChI=1S/C22H21N7O2/c1-12-6-3-4-9-15(12)29-16(26-14-8-5-7-13(2)17(14)21(29)30)10-28-20-18(27-22(28)31)19(23)24-11-25-20/h3-9,11,21,30H,10H2,1-2H3,(H,27,31)(H2,23,24,25). The largest absolute Gasteiger partial charge is 0.382 e. The summed E-state index contributed by atoms with van der Waals surface area (Å²) in [6.07, 6.45) is 0.363. The van der Waals surface area contributed by atoms with Crippen LogP contribution in [0.15, 0.2) is 58.6 Å². The molecule has 4 N–H and O–H groups in total. The van der Waals surface area contributed by atoms with Crippen molar-refractivity contribution in [2.24, 2.45) is 4.99 Å². The van der Waals surface area contributed by atoms with Gasteiger partial charge in [0.1, 0.15) is 17.7 Å². The number of aliphatic imine (C=N–C) groups is 1. The number of para-hydroxylation sites is 1. The molecule has 0 fully saturated rings. The van der Waals surface area contributed by atoms with E-state index >= 15 is 0 Å². The summed E-state index contributed by atoms with van der Waals surface area (Å²) in [6, 6.07) is 13.5. The van der Waals surface area contributed by atoms with E-state index in [-0.39, 0.29) is 18.1 Å². The van der Waals surface area contributed by atoms with Gasteiger partial charge in [0.05, 0.1) is 12.2 Å². The Morgan fingerprint density at radius 1 is 1.10 bits per heavy atom. The number of nitrogen functional groups attached to an aromatic ring is 1. The van der Waals surface area contributed by atoms with Crippen LogP contribution in [0, 0.1) is 13.8 Å². The molecule has 156 valence electrons. The Balaban J connectivity index is 1.71. The van der Waals surface area contributed by atoms with E-state index in [0.717, 1.165) is 22.4 Å². The number of nitrogens with two attached hydrogens (primary N) is 1. The Morgan fingerprint density at radius 2 is 1.87 bits per heavy atom. The first-order chi connectivity index (χ1) is 15.0. The highest BCUT2D eigenvalue weighted by molar-refractivity contribution is 6.02. The van der Waals surface area contributed by atoms with E-state index < -0.39 is 6.23 Å². The Bertz CT molecular complexity index is 1400. The minimum atomic E-state index is -0.953. The minimum Gasteiger partial charge on any atom is -0.382 e. The molecule has 2 aromatic carbocycles. The monoisotopic (exact) mass is 415 g/mol. The third-order valence-electron chi connectivity index (χ3n) is 5.60. The first-order valence-electron chi connectivity index (χ1n) is 9.84. The lowest BCUT2D eigenvalue weighted by atomic mass is 10.0. The van der Waals surface area contributed by atoms with Gasteiger partial charge in [-0.2, -0.15) is 0 Å². The minimum absolute atomic E-state index is 0.0913. The smallest absolute Gasteiger partial charge is 0.328 e. The average Bonchev–Trinajstić information content (AvgIpc) is 3.06. The highest BCUT2D eigenvalue weighted by Gasteiger charge is 2.32. The number of nitrogens with zero attached hydrogens (tertiary/aromatic N) is 5. The molecule has 0 bridgehead atoms. The predicted molar refractivity (Wildman–Crippen MR) is 119 cm³/mol. The number of H-pyrrole nitrogens is 1. The number of hydrogen-bond donors (Lipinski definition) is 3. The van der Waals surface area contributed by atoms with Gasteiger partial charge in [-0.3, -0.25) is 9.47 Å². The van der Waals surface area contributed by atoms with Gasteiger partial charge in [0.2, 0.25) is 0 Å². The molecule has 0 radical (unpaired) electrons. The van der Waals surface area contributed by atoms with Gasteiger partial charge in [-0.15, -0.1) is 0 Å². The fraction of sp³-hybridized carbons (Fsp3) is 0.182. The Morgan fingerprint density at radius 3 is 2.68 bits per heavy atom. The number of imidazole rings is 1. The number of amidine groups is 1. The number of rotatable bonds is 3. The molecule has 9 heteroatoms. The molecule has 2 aromatic heterocycles. The highest BCUT2D eigenvalue weighted by Crippen LogP contribution is 2.39. The number of nitrogens with one attached hydrogen (secondary N) is 1. The van der Waals surface area contributed by atoms with E-state index in [1.54, 1.807) is 4.90 Å². The topological polar surface area (TPSA) is 125 Å². The lowest BCUT2D eigenvalue weighted by molar-refractivity contribution is 0.185. The van der Waals surface area contributed by atoms with Crippen LogP contribution >= 0.6 is 0 Å². The van der Waals surface area contributed by atoms with Gasteiger partial charge in [0.25, 0.3) is 0 Å². The highest BCUT2D eigenvalue weighted by atomic mass is 16.3. The van der Waals surface area contributed by atoms with Crippen molar-refractivity contribution >= 4 is 34.2 Å². The fourth-order valence-electron chi connectivity index (χ4n) is 4.05. The molecule has 1 aliphatic heterocycles. The van der Waals surface area contributed by atoms with Crippen LogP contribution in [0.5, 0.6) is 0 Å². The molecule has 0 spiro atoms. The lowest BCUT2D eigenvalue weighted by Crippen LogP contribution is -2.41. The van der Waals surface area contributed by atoms with Crippen LogP contribution in [0.1, 0.15) is 22.9 Å². The van der Waals surface area contributed by atoms with Crippen LogP contribution in [0.25, 0.3) is 11.2 Å². The second-order valence-corrected chi connectivity index (χ2v) is 7.54. The van der Waals surface area contributed by atoms with E-state index in [0.29, 0.717) is 22.7 Å². The maximum Gasteiger partial charge on any atom is 0.328 e. The van der Waals surface area contributed by atoms with Crippen molar-refractivity contribution in [3.8, 4) is 0 Å². The van der Waals surface area contributed by atoms with Crippen molar-refractivity contribution in [1.82, 2.24) is 19.5 Å². The number of anilines is 2. The summed E-state index contributed by atoms with van der Waals surface area (Å²) in [6.45, 7) is 4.01. The number of aliphatic hydroxyl groups is 1. The van der Waals surface area contributed by atoms with Crippen molar-refractivity contribution in [2.75, 3.05) is 10.6 Å². The molecular weight excluding hydrogens is 394 g/mol. The van der Waals surface area contributed by atoms with Gasteiger partial charge in [0, 0.05) is 11.3 Å². The summed E-state index contributed by atoms with van der Waals surface area (Å²) >= 11 is 0. The lowest BCUT2D eigenvalue weighted by Gasteiger charge is -2.36. The number of hydrogen-bond acceptors (Lipinski definition) is 7. The summed E-state index contributed by atoms with van der Waals surface area (Å²) in [5.74, 6) is 0.711. The van der Waals surface area contributed by atoms with Crippen LogP contribution < -0.4 is 16.3 Å². The summed E-state index contributed by atoms with van der Waals surface area (Å²) in [4.78, 5) is 30.2. The number of aromatic amines is 1. The first-order valence-corrected chi connectivity index (χ1v) is 9.84. The number of fused-ring (bicyclic) bond motifs is 2. The summed E-state index contributed by atoms with van der Waals surface area (Å²) in [5.41, 5.74) is 10.4. The van der Waals surface area contributed by atoms with Crippen LogP contribution in [-0.4, -0.2) is 30.5 Å². The maximum absolute atomic E-state index is 12.7. The molecule has 3 heterocycles. The molecule has 0 amide bonds. The van der Waals surface area contributed by atoms with Crippen molar-refractivity contribution in [1.29, 1.82) is 0 Å². The van der Waals surface area contributed by atoms with Crippen molar-refractivity contribution in [2.45, 2.75) is 26.6 Å². The number of benzene rings is 2. The van der Waals surface area contributed by atoms with Crippen molar-refractivity contribution < 1.29 is 5.11 Å². The normalized spacial score (nSPS) is 15.8. The maximum atomic E-state index is 12.7. The van der Waals surface area contributed by atoms with Gasteiger partial charge < -0.3 is 15.8 Å². The molecule has 0 aliphatic carbocycles. The summed E-state index contributed by atoms with van der Waals surface area (Å²) in [7, 11) is 0. The van der Waals surface area contributed by atoms with E-state index in [1.165, 1.54) is 10.9 Å². The van der Waals surface area contributed by atoms with Gasteiger partial charge >= 0.3 is 5.69 Å². The molecule has 9 nitrogen and oxygen atoms in total. The Labute approximate surface area is 177 Å². The van der Waals surface area contributed by atoms with Gasteiger partial charge in [-0.05, 0) is 37.1 Å². The molecule has 0 saturated carbocycles. The predicted octanol–water partition coefficient (Wildman–Crippen LogP) is 2.56. The van der Waals surface area contributed by atoms with Crippen LogP contribution in [0.2, 0.25) is 0 Å². The molecule has 1 atom stereocenters. The van der Waals surface area contributed by atoms with Crippen LogP contribution in [-0.2, 0) is 6.54 Å². The molecule has 4 aromatic rings. The van der Waals surface area contributed by atoms with Gasteiger partial charge in [-0.25, -0.2) is 19.8 Å². The van der Waals surface area contributed by atoms with E-state index in [2.05, 4.69) is 15.0 Å². The Kier molecular flexibility index (Phi) is 4.33. The van der Waals surface area contributed by atoms with Crippen LogP contribution in [0.4, 0.5) is 17.2 Å². The zero-order valence-electron chi connectivity index (χ0n) is 17.1. The van der Waals surface area contributed by atoms with Crippen molar-refractivity contribution in [3.63, 3.8) is 0 Å². The third kappa shape index (κ3) is 2.98. The number of aryl methyl sites for hydroxylation is 2. The Hall–Kier alpha value is -3.98. The van der Waals surface area contributed by atoms with Gasteiger partial charge in [0.15, 0.2) is 17.7 Å². The van der Waals surface area contributed by atoms with Gasteiger partial charge in [-0.1, -0.05) is 30.3 Å². The summed E-state index contributed by atoms with van der Waals surface area (Å²) in [5, 5.41) is 11.4. The number of aliphatic hydroxyl groups excluding tert-OH is 1. The molecule has 0 saturated heterocycles. The van der Waals surface area contributed by atoms with Crippen LogP contribution in [0.3, 0.4) is 0 Å². The second kappa shape index (κ2) is 7.06. The zero-order valence-corrected chi connectivity index (χ0v) is 17.1. The molecule has 1 unspecified atom stereocenters. The molecular formula is C22H21N7O2. The number of aromatic nitrogens is 4. The molecule has 31 heavy (non-hydrogen) atoms. The summed E-state index contributed by atoms with van der Waals surface area (Å²) < 4.78 is 1.45. The van der Waals surface area contributed by atoms with Crippen molar-refractivity contribution in [3.05, 3.63) is 76.0 Å². The zero-order chi connectivity index (χ0) is 21.7. The van der Waals surface area contributed by atoms with E-state index in [4.69, 9.17) is 10.7 Å². The molecule has 1 aliphatic rings. The average molecular weight is 415 g/mol. The first kappa shape index (κ1) is 19.0. The second-order valence-electron chi connectivity index (χ2n) is 7.54. The van der Waals surface area contributed by atoms with E-state index in [1.807, 2.05) is 56.3 Å². The SMILES string of the molecule is Cc1ccccc1N1C(Cn2c(=O)[nH]c3c(N)ncnc32)=Nc2cccc(C)c2C1O. The quantitative estimate of drug-likeness (QED) is 0.472.